The number of ether oxygens (including phenoxy) is 2. The van der Waals surface area contributed by atoms with Gasteiger partial charge in [0.1, 0.15) is 5.75 Å². The second-order valence-electron chi connectivity index (χ2n) is 7.85. The lowest BCUT2D eigenvalue weighted by atomic mass is 10.2. The summed E-state index contributed by atoms with van der Waals surface area (Å²) in [6.07, 6.45) is 0. The lowest BCUT2D eigenvalue weighted by molar-refractivity contribution is 0.122. The summed E-state index contributed by atoms with van der Waals surface area (Å²) in [5.41, 5.74) is 2.56. The summed E-state index contributed by atoms with van der Waals surface area (Å²) >= 11 is 1.14. The summed E-state index contributed by atoms with van der Waals surface area (Å²) < 4.78 is 15.8. The first-order valence-corrected chi connectivity index (χ1v) is 11.4. The van der Waals surface area contributed by atoms with E-state index in [2.05, 4.69) is 38.7 Å². The molecule has 3 aromatic rings. The molecule has 1 aliphatic heterocycles. The molecule has 0 radical (unpaired) electrons. The van der Waals surface area contributed by atoms with Crippen LogP contribution in [-0.2, 0) is 4.74 Å². The standard InChI is InChI=1S/C23H27N5O3S/c1-16(2)15-31-20-14-18(28-10-12-30-13-11-28)8-9-19(20)24-22(29)26-23-25-21(27-32-23)17-6-4-3-5-7-17/h3-9,14,16H,10-13,15H2,1-2H3,(H2,24,25,26,27,29). The minimum atomic E-state index is -0.394. The van der Waals surface area contributed by atoms with E-state index in [1.165, 1.54) is 0 Å². The van der Waals surface area contributed by atoms with Crippen LogP contribution in [0.2, 0.25) is 0 Å². The maximum atomic E-state index is 12.6. The van der Waals surface area contributed by atoms with Gasteiger partial charge in [0, 0.05) is 41.9 Å². The lowest BCUT2D eigenvalue weighted by Gasteiger charge is -2.29. The van der Waals surface area contributed by atoms with Gasteiger partial charge in [-0.05, 0) is 18.1 Å². The van der Waals surface area contributed by atoms with E-state index < -0.39 is 6.03 Å². The van der Waals surface area contributed by atoms with Crippen molar-refractivity contribution in [1.82, 2.24) is 9.36 Å². The molecule has 0 unspecified atom stereocenters. The number of carbonyl (C=O) groups excluding carboxylic acids is 1. The lowest BCUT2D eigenvalue weighted by Crippen LogP contribution is -2.36. The van der Waals surface area contributed by atoms with E-state index in [9.17, 15) is 4.79 Å². The van der Waals surface area contributed by atoms with E-state index in [1.807, 2.05) is 48.5 Å². The molecule has 2 heterocycles. The Labute approximate surface area is 191 Å². The third-order valence-corrected chi connectivity index (χ3v) is 5.47. The molecule has 2 N–H and O–H groups in total. The van der Waals surface area contributed by atoms with Crippen molar-refractivity contribution < 1.29 is 14.3 Å². The first-order valence-electron chi connectivity index (χ1n) is 10.6. The van der Waals surface area contributed by atoms with Crippen LogP contribution in [0.1, 0.15) is 13.8 Å². The number of anilines is 3. The smallest absolute Gasteiger partial charge is 0.325 e. The molecule has 32 heavy (non-hydrogen) atoms. The van der Waals surface area contributed by atoms with Crippen LogP contribution in [0, 0.1) is 5.92 Å². The molecule has 0 bridgehead atoms. The van der Waals surface area contributed by atoms with E-state index in [0.29, 0.717) is 48.1 Å². The molecule has 1 aliphatic rings. The molecule has 4 rings (SSSR count). The average molecular weight is 454 g/mol. The van der Waals surface area contributed by atoms with Crippen molar-refractivity contribution in [2.24, 2.45) is 5.92 Å². The van der Waals surface area contributed by atoms with Crippen molar-refractivity contribution in [2.75, 3.05) is 48.4 Å². The number of amides is 2. The fraction of sp³-hybridized carbons (Fsp3) is 0.348. The van der Waals surface area contributed by atoms with Crippen molar-refractivity contribution in [3.05, 3.63) is 48.5 Å². The maximum absolute atomic E-state index is 12.6. The Morgan fingerprint density at radius 2 is 1.94 bits per heavy atom. The number of nitrogens with zero attached hydrogens (tertiary/aromatic N) is 3. The molecule has 2 amide bonds. The summed E-state index contributed by atoms with van der Waals surface area (Å²) in [4.78, 5) is 19.3. The minimum absolute atomic E-state index is 0.363. The number of carbonyl (C=O) groups is 1. The highest BCUT2D eigenvalue weighted by molar-refractivity contribution is 7.10. The molecule has 0 spiro atoms. The van der Waals surface area contributed by atoms with E-state index in [-0.39, 0.29) is 0 Å². The van der Waals surface area contributed by atoms with Gasteiger partial charge in [0.05, 0.1) is 25.5 Å². The first-order chi connectivity index (χ1) is 15.6. The zero-order valence-corrected chi connectivity index (χ0v) is 19.0. The zero-order valence-electron chi connectivity index (χ0n) is 18.2. The Hall–Kier alpha value is -3.17. The van der Waals surface area contributed by atoms with Crippen LogP contribution in [-0.4, -0.2) is 48.3 Å². The molecule has 0 aliphatic carbocycles. The molecule has 1 fully saturated rings. The number of aromatic nitrogens is 2. The Bertz CT molecular complexity index is 1040. The topological polar surface area (TPSA) is 88.6 Å². The van der Waals surface area contributed by atoms with Gasteiger partial charge < -0.3 is 19.7 Å². The number of rotatable bonds is 7. The average Bonchev–Trinajstić information content (AvgIpc) is 3.28. The molecule has 8 nitrogen and oxygen atoms in total. The Morgan fingerprint density at radius 1 is 1.16 bits per heavy atom. The van der Waals surface area contributed by atoms with E-state index >= 15 is 0 Å². The van der Waals surface area contributed by atoms with Gasteiger partial charge in [0.2, 0.25) is 5.13 Å². The molecule has 0 saturated carbocycles. The highest BCUT2D eigenvalue weighted by Gasteiger charge is 2.16. The zero-order chi connectivity index (χ0) is 22.3. The van der Waals surface area contributed by atoms with Gasteiger partial charge in [-0.25, -0.2) is 4.79 Å². The van der Waals surface area contributed by atoms with Gasteiger partial charge in [-0.2, -0.15) is 9.36 Å². The second kappa shape index (κ2) is 10.4. The highest BCUT2D eigenvalue weighted by atomic mass is 32.1. The van der Waals surface area contributed by atoms with Crippen LogP contribution in [0.3, 0.4) is 0 Å². The van der Waals surface area contributed by atoms with Crippen LogP contribution in [0.25, 0.3) is 11.4 Å². The SMILES string of the molecule is CC(C)COc1cc(N2CCOCC2)ccc1NC(=O)Nc1nc(-c2ccccc2)ns1. The molecule has 1 saturated heterocycles. The third-order valence-electron chi connectivity index (χ3n) is 4.84. The summed E-state index contributed by atoms with van der Waals surface area (Å²) in [7, 11) is 0. The summed E-state index contributed by atoms with van der Waals surface area (Å²) in [6.45, 7) is 7.81. The minimum Gasteiger partial charge on any atom is -0.491 e. The van der Waals surface area contributed by atoms with Crippen LogP contribution in [0.4, 0.5) is 21.3 Å². The Kier molecular flexibility index (Phi) is 7.18. The number of hydrogen-bond donors (Lipinski definition) is 2. The van der Waals surface area contributed by atoms with Crippen molar-refractivity contribution in [1.29, 1.82) is 0 Å². The van der Waals surface area contributed by atoms with Gasteiger partial charge >= 0.3 is 6.03 Å². The van der Waals surface area contributed by atoms with Crippen molar-refractivity contribution in [3.8, 4) is 17.1 Å². The predicted molar refractivity (Wildman–Crippen MR) is 128 cm³/mol. The Balaban J connectivity index is 1.46. The van der Waals surface area contributed by atoms with Crippen molar-refractivity contribution in [3.63, 3.8) is 0 Å². The van der Waals surface area contributed by atoms with Crippen LogP contribution in [0.15, 0.2) is 48.5 Å². The number of urea groups is 1. The van der Waals surface area contributed by atoms with E-state index in [4.69, 9.17) is 9.47 Å². The summed E-state index contributed by atoms with van der Waals surface area (Å²) in [6, 6.07) is 15.1. The third kappa shape index (κ3) is 5.74. The molecule has 1 aromatic heterocycles. The molecule has 0 atom stereocenters. The maximum Gasteiger partial charge on any atom is 0.325 e. The number of nitrogens with one attached hydrogen (secondary N) is 2. The molecular weight excluding hydrogens is 426 g/mol. The van der Waals surface area contributed by atoms with Crippen molar-refractivity contribution >= 4 is 34.1 Å². The van der Waals surface area contributed by atoms with Gasteiger partial charge in [-0.3, -0.25) is 5.32 Å². The fourth-order valence-corrected chi connectivity index (χ4v) is 3.82. The van der Waals surface area contributed by atoms with Crippen LogP contribution >= 0.6 is 11.5 Å². The molecular formula is C23H27N5O3S. The number of morpholine rings is 1. The molecule has 2 aromatic carbocycles. The van der Waals surface area contributed by atoms with Gasteiger partial charge in [0.25, 0.3) is 0 Å². The van der Waals surface area contributed by atoms with Gasteiger partial charge in [-0.1, -0.05) is 44.2 Å². The fourth-order valence-electron chi connectivity index (χ4n) is 3.24. The second-order valence-corrected chi connectivity index (χ2v) is 8.60. The van der Waals surface area contributed by atoms with Crippen molar-refractivity contribution in [2.45, 2.75) is 13.8 Å². The predicted octanol–water partition coefficient (Wildman–Crippen LogP) is 4.72. The monoisotopic (exact) mass is 453 g/mol. The largest absolute Gasteiger partial charge is 0.491 e. The summed E-state index contributed by atoms with van der Waals surface area (Å²) in [5, 5.41) is 6.07. The number of benzene rings is 2. The van der Waals surface area contributed by atoms with E-state index in [0.717, 1.165) is 35.9 Å². The van der Waals surface area contributed by atoms with Crippen LogP contribution < -0.4 is 20.3 Å². The van der Waals surface area contributed by atoms with Crippen LogP contribution in [0.5, 0.6) is 5.75 Å². The van der Waals surface area contributed by atoms with E-state index in [1.54, 1.807) is 0 Å². The first kappa shape index (κ1) is 22.0. The number of hydrogen-bond acceptors (Lipinski definition) is 7. The summed E-state index contributed by atoms with van der Waals surface area (Å²) in [5.74, 6) is 1.59. The molecule has 9 heteroatoms. The highest BCUT2D eigenvalue weighted by Crippen LogP contribution is 2.31. The van der Waals surface area contributed by atoms with Gasteiger partial charge in [-0.15, -0.1) is 0 Å². The molecule has 168 valence electrons. The quantitative estimate of drug-likeness (QED) is 0.538. The van der Waals surface area contributed by atoms with Gasteiger partial charge in [0.15, 0.2) is 5.82 Å². The normalized spacial score (nSPS) is 13.8. The Morgan fingerprint density at radius 3 is 2.69 bits per heavy atom.